The van der Waals surface area contributed by atoms with Crippen LogP contribution >= 0.6 is 0 Å². The Morgan fingerprint density at radius 2 is 1.58 bits per heavy atom. The first-order chi connectivity index (χ1) is 16.1. The molecular formula is C26H27N3O4. The molecule has 170 valence electrons. The van der Waals surface area contributed by atoms with Gasteiger partial charge in [-0.25, -0.2) is 0 Å². The zero-order valence-corrected chi connectivity index (χ0v) is 18.3. The number of hydrogen-bond donors (Lipinski definition) is 2. The van der Waals surface area contributed by atoms with E-state index in [0.717, 1.165) is 11.3 Å². The van der Waals surface area contributed by atoms with Gasteiger partial charge in [0.15, 0.2) is 5.76 Å². The number of benzene rings is 2. The summed E-state index contributed by atoms with van der Waals surface area (Å²) < 4.78 is 5.18. The summed E-state index contributed by atoms with van der Waals surface area (Å²) in [6, 6.07) is 21.4. The van der Waals surface area contributed by atoms with Crippen LogP contribution in [0.15, 0.2) is 83.5 Å². The van der Waals surface area contributed by atoms with Gasteiger partial charge in [-0.2, -0.15) is 0 Å². The van der Waals surface area contributed by atoms with Crippen LogP contribution in [0.5, 0.6) is 0 Å². The van der Waals surface area contributed by atoms with E-state index in [1.165, 1.54) is 6.26 Å². The molecule has 0 radical (unpaired) electrons. The Kier molecular flexibility index (Phi) is 7.19. The van der Waals surface area contributed by atoms with E-state index in [4.69, 9.17) is 4.42 Å². The van der Waals surface area contributed by atoms with Crippen molar-refractivity contribution in [3.63, 3.8) is 0 Å². The van der Waals surface area contributed by atoms with Crippen molar-refractivity contribution in [1.82, 2.24) is 10.2 Å². The molecule has 1 aliphatic heterocycles. The van der Waals surface area contributed by atoms with E-state index < -0.39 is 11.9 Å². The van der Waals surface area contributed by atoms with Gasteiger partial charge in [-0.1, -0.05) is 48.5 Å². The fourth-order valence-corrected chi connectivity index (χ4v) is 4.04. The molecule has 1 atom stereocenters. The van der Waals surface area contributed by atoms with Gasteiger partial charge >= 0.3 is 0 Å². The lowest BCUT2D eigenvalue weighted by Gasteiger charge is -2.34. The Morgan fingerprint density at radius 1 is 0.909 bits per heavy atom. The van der Waals surface area contributed by atoms with Gasteiger partial charge in [-0.15, -0.1) is 0 Å². The molecule has 7 heteroatoms. The molecule has 0 unspecified atom stereocenters. The largest absolute Gasteiger partial charge is 0.459 e. The van der Waals surface area contributed by atoms with Crippen LogP contribution in [0.1, 0.15) is 29.0 Å². The summed E-state index contributed by atoms with van der Waals surface area (Å²) >= 11 is 0. The fourth-order valence-electron chi connectivity index (χ4n) is 4.04. The van der Waals surface area contributed by atoms with Crippen molar-refractivity contribution in [2.45, 2.75) is 25.3 Å². The molecule has 7 nitrogen and oxygen atoms in total. The molecule has 1 saturated heterocycles. The second kappa shape index (κ2) is 10.6. The van der Waals surface area contributed by atoms with Gasteiger partial charge in [0.2, 0.25) is 11.8 Å². The summed E-state index contributed by atoms with van der Waals surface area (Å²) in [5.41, 5.74) is 1.72. The van der Waals surface area contributed by atoms with E-state index >= 15 is 0 Å². The van der Waals surface area contributed by atoms with Crippen molar-refractivity contribution in [2.24, 2.45) is 5.92 Å². The number of carbonyl (C=O) groups is 3. The second-order valence-electron chi connectivity index (χ2n) is 8.15. The molecule has 1 aromatic heterocycles. The minimum absolute atomic E-state index is 0.0275. The van der Waals surface area contributed by atoms with E-state index in [1.807, 2.05) is 60.7 Å². The Balaban J connectivity index is 1.38. The number of para-hydroxylation sites is 1. The number of anilines is 1. The summed E-state index contributed by atoms with van der Waals surface area (Å²) in [6.45, 7) is 0.932. The number of piperidine rings is 1. The summed E-state index contributed by atoms with van der Waals surface area (Å²) in [5.74, 6) is -0.593. The Morgan fingerprint density at radius 3 is 2.21 bits per heavy atom. The van der Waals surface area contributed by atoms with Crippen molar-refractivity contribution in [2.75, 3.05) is 18.4 Å². The maximum atomic E-state index is 13.4. The van der Waals surface area contributed by atoms with E-state index in [9.17, 15) is 14.4 Å². The van der Waals surface area contributed by atoms with Crippen molar-refractivity contribution >= 4 is 23.4 Å². The maximum absolute atomic E-state index is 13.4. The maximum Gasteiger partial charge on any atom is 0.287 e. The van der Waals surface area contributed by atoms with Crippen LogP contribution < -0.4 is 10.6 Å². The number of furan rings is 1. The van der Waals surface area contributed by atoms with Gasteiger partial charge in [0.25, 0.3) is 5.91 Å². The molecular weight excluding hydrogens is 418 g/mol. The monoisotopic (exact) mass is 445 g/mol. The first kappa shape index (κ1) is 22.3. The van der Waals surface area contributed by atoms with Crippen molar-refractivity contribution in [3.8, 4) is 0 Å². The first-order valence-electron chi connectivity index (χ1n) is 11.1. The Bertz CT molecular complexity index is 1060. The zero-order chi connectivity index (χ0) is 23.0. The number of nitrogens with one attached hydrogen (secondary N) is 2. The van der Waals surface area contributed by atoms with Crippen molar-refractivity contribution in [3.05, 3.63) is 90.4 Å². The quantitative estimate of drug-likeness (QED) is 0.582. The number of rotatable bonds is 7. The van der Waals surface area contributed by atoms with Crippen molar-refractivity contribution < 1.29 is 18.8 Å². The predicted octanol–water partition coefficient (Wildman–Crippen LogP) is 3.50. The summed E-state index contributed by atoms with van der Waals surface area (Å²) in [4.78, 5) is 40.3. The van der Waals surface area contributed by atoms with E-state index in [2.05, 4.69) is 10.6 Å². The van der Waals surface area contributed by atoms with E-state index in [1.54, 1.807) is 17.0 Å². The molecule has 1 fully saturated rings. The molecule has 0 aliphatic carbocycles. The van der Waals surface area contributed by atoms with Gasteiger partial charge in [-0.05, 0) is 42.7 Å². The molecule has 3 amide bonds. The normalized spacial score (nSPS) is 15.0. The van der Waals surface area contributed by atoms with Crippen LogP contribution in [-0.2, 0) is 16.0 Å². The average molecular weight is 446 g/mol. The Hall–Kier alpha value is -3.87. The lowest BCUT2D eigenvalue weighted by atomic mass is 9.94. The molecule has 3 aromatic rings. The molecule has 4 rings (SSSR count). The smallest absolute Gasteiger partial charge is 0.287 e. The van der Waals surface area contributed by atoms with Crippen LogP contribution in [0.3, 0.4) is 0 Å². The first-order valence-corrected chi connectivity index (χ1v) is 11.1. The highest BCUT2D eigenvalue weighted by molar-refractivity contribution is 5.96. The molecule has 2 heterocycles. The molecule has 1 aliphatic rings. The van der Waals surface area contributed by atoms with Crippen molar-refractivity contribution in [1.29, 1.82) is 0 Å². The molecule has 2 aromatic carbocycles. The minimum Gasteiger partial charge on any atom is -0.459 e. The summed E-state index contributed by atoms with van der Waals surface area (Å²) in [7, 11) is 0. The molecule has 0 bridgehead atoms. The SMILES string of the molecule is O=C(N[C@@H](Cc1ccccc1)C(=O)N1CCC(C(=O)Nc2ccccc2)CC1)c1ccco1. The summed E-state index contributed by atoms with van der Waals surface area (Å²) in [5, 5.41) is 5.77. The Labute approximate surface area is 192 Å². The number of amides is 3. The lowest BCUT2D eigenvalue weighted by molar-refractivity contribution is -0.136. The summed E-state index contributed by atoms with van der Waals surface area (Å²) in [6.07, 6.45) is 2.96. The number of likely N-dealkylation sites (tertiary alicyclic amines) is 1. The van der Waals surface area contributed by atoms with Crippen LogP contribution in [0.2, 0.25) is 0 Å². The topological polar surface area (TPSA) is 91.7 Å². The third kappa shape index (κ3) is 5.88. The fraction of sp³-hybridized carbons (Fsp3) is 0.269. The third-order valence-corrected chi connectivity index (χ3v) is 5.85. The zero-order valence-electron chi connectivity index (χ0n) is 18.3. The second-order valence-corrected chi connectivity index (χ2v) is 8.15. The van der Waals surface area contributed by atoms with E-state index in [0.29, 0.717) is 32.4 Å². The standard InChI is InChI=1S/C26H27N3O4/c30-24(27-21-10-5-2-6-11-21)20-13-15-29(16-14-20)26(32)22(18-19-8-3-1-4-9-19)28-25(31)23-12-7-17-33-23/h1-12,17,20,22H,13-16,18H2,(H,27,30)(H,28,31)/t22-/m0/s1. The van der Waals surface area contributed by atoms with Gasteiger partial charge in [-0.3, -0.25) is 14.4 Å². The van der Waals surface area contributed by atoms with Gasteiger partial charge < -0.3 is 20.0 Å². The number of hydrogen-bond acceptors (Lipinski definition) is 4. The number of carbonyl (C=O) groups excluding carboxylic acids is 3. The highest BCUT2D eigenvalue weighted by Crippen LogP contribution is 2.21. The van der Waals surface area contributed by atoms with Crippen LogP contribution in [0.25, 0.3) is 0 Å². The van der Waals surface area contributed by atoms with Crippen LogP contribution in [0.4, 0.5) is 5.69 Å². The predicted molar refractivity (Wildman–Crippen MR) is 124 cm³/mol. The minimum atomic E-state index is -0.723. The molecule has 2 N–H and O–H groups in total. The van der Waals surface area contributed by atoms with Crippen LogP contribution in [0, 0.1) is 5.92 Å². The van der Waals surface area contributed by atoms with Gasteiger partial charge in [0.1, 0.15) is 6.04 Å². The highest BCUT2D eigenvalue weighted by atomic mass is 16.3. The average Bonchev–Trinajstić information content (AvgIpc) is 3.40. The third-order valence-electron chi connectivity index (χ3n) is 5.85. The molecule has 0 saturated carbocycles. The molecule has 0 spiro atoms. The molecule has 33 heavy (non-hydrogen) atoms. The lowest BCUT2D eigenvalue weighted by Crippen LogP contribution is -2.52. The highest BCUT2D eigenvalue weighted by Gasteiger charge is 2.32. The van der Waals surface area contributed by atoms with Crippen LogP contribution in [-0.4, -0.2) is 41.8 Å². The van der Waals surface area contributed by atoms with Gasteiger partial charge in [0, 0.05) is 31.1 Å². The van der Waals surface area contributed by atoms with Gasteiger partial charge in [0.05, 0.1) is 6.26 Å². The number of nitrogens with zero attached hydrogens (tertiary/aromatic N) is 1. The van der Waals surface area contributed by atoms with E-state index in [-0.39, 0.29) is 23.5 Å².